The topological polar surface area (TPSA) is 20.2 Å². The molecule has 3 aliphatic carbocycles. The third kappa shape index (κ3) is 0.603. The molecule has 0 aromatic heterocycles. The Balaban J connectivity index is 2.02. The lowest BCUT2D eigenvalue weighted by Crippen LogP contribution is -2.23. The summed E-state index contributed by atoms with van der Waals surface area (Å²) in [5.74, 6) is 2.62. The average molecular weight is 148 g/mol. The van der Waals surface area contributed by atoms with Gasteiger partial charge in [0.15, 0.2) is 0 Å². The molecule has 0 spiro atoms. The lowest BCUT2D eigenvalue weighted by Gasteiger charge is -2.22. The quantitative estimate of drug-likeness (QED) is 0.514. The zero-order chi connectivity index (χ0) is 7.42. The first kappa shape index (κ1) is 6.01. The highest BCUT2D eigenvalue weighted by Crippen LogP contribution is 2.52. The molecule has 3 aliphatic rings. The van der Waals surface area contributed by atoms with Crippen molar-refractivity contribution in [3.63, 3.8) is 0 Å². The predicted octanol–water partition coefficient (Wildman–Crippen LogP) is 1.36. The number of hydrogen-bond acceptors (Lipinski definition) is 1. The Kier molecular flexibility index (Phi) is 0.972. The minimum absolute atomic E-state index is 0.153. The fourth-order valence-electron chi connectivity index (χ4n) is 3.02. The molecule has 1 saturated carbocycles. The minimum Gasteiger partial charge on any atom is -0.389 e. The number of aliphatic hydroxyl groups is 1. The Morgan fingerprint density at radius 3 is 2.64 bits per heavy atom. The van der Waals surface area contributed by atoms with Crippen molar-refractivity contribution in [3.8, 4) is 0 Å². The maximum atomic E-state index is 9.60. The molecule has 1 heteroatoms. The largest absolute Gasteiger partial charge is 0.389 e. The Hall–Kier alpha value is -0.560. The normalized spacial score (nSPS) is 57.4. The van der Waals surface area contributed by atoms with E-state index in [0.29, 0.717) is 17.8 Å². The van der Waals surface area contributed by atoms with Gasteiger partial charge in [-0.2, -0.15) is 0 Å². The molecule has 2 bridgehead atoms. The SMILES string of the molecule is OC1C=C[C@H]2C3C=CC(C3)[C@@H]12. The van der Waals surface area contributed by atoms with E-state index in [1.807, 2.05) is 6.08 Å². The Morgan fingerprint density at radius 2 is 1.82 bits per heavy atom. The molecule has 0 aromatic rings. The van der Waals surface area contributed by atoms with Crippen molar-refractivity contribution in [1.82, 2.24) is 0 Å². The predicted molar refractivity (Wildman–Crippen MR) is 42.9 cm³/mol. The third-order valence-electron chi connectivity index (χ3n) is 3.51. The van der Waals surface area contributed by atoms with E-state index in [-0.39, 0.29) is 6.10 Å². The molecule has 0 aliphatic heterocycles. The summed E-state index contributed by atoms with van der Waals surface area (Å²) in [7, 11) is 0. The van der Waals surface area contributed by atoms with Crippen LogP contribution in [0.5, 0.6) is 0 Å². The molecule has 5 atom stereocenters. The van der Waals surface area contributed by atoms with Gasteiger partial charge in [0.05, 0.1) is 6.10 Å². The fourth-order valence-corrected chi connectivity index (χ4v) is 3.02. The van der Waals surface area contributed by atoms with Gasteiger partial charge in [0.2, 0.25) is 0 Å². The first-order valence-electron chi connectivity index (χ1n) is 4.41. The van der Waals surface area contributed by atoms with Crippen LogP contribution in [0.15, 0.2) is 24.3 Å². The van der Waals surface area contributed by atoms with Crippen molar-refractivity contribution in [2.45, 2.75) is 12.5 Å². The molecule has 11 heavy (non-hydrogen) atoms. The molecule has 58 valence electrons. The standard InChI is InChI=1S/C10H12O/c11-9-4-3-8-6-1-2-7(5-6)10(8)9/h1-4,6-11H,5H2/t6?,7?,8-,9?,10+/m0/s1. The minimum atomic E-state index is -0.153. The van der Waals surface area contributed by atoms with Crippen LogP contribution in [0, 0.1) is 23.7 Å². The zero-order valence-corrected chi connectivity index (χ0v) is 6.35. The number of aliphatic hydroxyl groups excluding tert-OH is 1. The first-order valence-corrected chi connectivity index (χ1v) is 4.41. The molecule has 1 nitrogen and oxygen atoms in total. The van der Waals surface area contributed by atoms with Crippen LogP contribution < -0.4 is 0 Å². The van der Waals surface area contributed by atoms with Gasteiger partial charge in [-0.3, -0.25) is 0 Å². The first-order chi connectivity index (χ1) is 5.36. The monoisotopic (exact) mass is 148 g/mol. The Morgan fingerprint density at radius 1 is 1.00 bits per heavy atom. The molecule has 1 fully saturated rings. The molecular weight excluding hydrogens is 136 g/mol. The van der Waals surface area contributed by atoms with Gasteiger partial charge in [-0.05, 0) is 24.2 Å². The van der Waals surface area contributed by atoms with Crippen molar-refractivity contribution in [1.29, 1.82) is 0 Å². The zero-order valence-electron chi connectivity index (χ0n) is 6.35. The molecule has 3 unspecified atom stereocenters. The van der Waals surface area contributed by atoms with Crippen molar-refractivity contribution in [2.24, 2.45) is 23.7 Å². The third-order valence-corrected chi connectivity index (χ3v) is 3.51. The van der Waals surface area contributed by atoms with Gasteiger partial charge in [-0.25, -0.2) is 0 Å². The molecule has 0 aromatic carbocycles. The summed E-state index contributed by atoms with van der Waals surface area (Å²) in [4.78, 5) is 0. The van der Waals surface area contributed by atoms with E-state index in [9.17, 15) is 5.11 Å². The van der Waals surface area contributed by atoms with Gasteiger partial charge in [0.25, 0.3) is 0 Å². The van der Waals surface area contributed by atoms with Gasteiger partial charge in [-0.1, -0.05) is 24.3 Å². The van der Waals surface area contributed by atoms with Crippen LogP contribution in [0.3, 0.4) is 0 Å². The van der Waals surface area contributed by atoms with E-state index in [2.05, 4.69) is 18.2 Å². The molecule has 0 amide bonds. The summed E-state index contributed by atoms with van der Waals surface area (Å²) in [5, 5.41) is 9.60. The molecule has 1 N–H and O–H groups in total. The molecule has 0 radical (unpaired) electrons. The highest BCUT2D eigenvalue weighted by atomic mass is 16.3. The number of rotatable bonds is 0. The van der Waals surface area contributed by atoms with Crippen LogP contribution in [-0.4, -0.2) is 11.2 Å². The molecule has 0 heterocycles. The van der Waals surface area contributed by atoms with Crippen LogP contribution in [0.4, 0.5) is 0 Å². The summed E-state index contributed by atoms with van der Waals surface area (Å²) >= 11 is 0. The lowest BCUT2D eigenvalue weighted by molar-refractivity contribution is 0.132. The maximum Gasteiger partial charge on any atom is 0.0760 e. The van der Waals surface area contributed by atoms with Crippen LogP contribution in [0.2, 0.25) is 0 Å². The van der Waals surface area contributed by atoms with E-state index in [1.54, 1.807) is 0 Å². The van der Waals surface area contributed by atoms with Crippen molar-refractivity contribution >= 4 is 0 Å². The van der Waals surface area contributed by atoms with Gasteiger partial charge in [-0.15, -0.1) is 0 Å². The highest BCUT2D eigenvalue weighted by Gasteiger charge is 2.48. The van der Waals surface area contributed by atoms with Crippen molar-refractivity contribution in [2.75, 3.05) is 0 Å². The number of allylic oxidation sites excluding steroid dienone is 3. The molecule has 3 rings (SSSR count). The fraction of sp³-hybridized carbons (Fsp3) is 0.600. The van der Waals surface area contributed by atoms with Gasteiger partial charge in [0.1, 0.15) is 0 Å². The van der Waals surface area contributed by atoms with E-state index in [1.165, 1.54) is 6.42 Å². The van der Waals surface area contributed by atoms with Crippen LogP contribution >= 0.6 is 0 Å². The van der Waals surface area contributed by atoms with Gasteiger partial charge < -0.3 is 5.11 Å². The Labute approximate surface area is 66.4 Å². The highest BCUT2D eigenvalue weighted by molar-refractivity contribution is 5.24. The number of hydrogen-bond donors (Lipinski definition) is 1. The van der Waals surface area contributed by atoms with E-state index in [0.717, 1.165) is 5.92 Å². The second-order valence-corrected chi connectivity index (χ2v) is 3.98. The summed E-state index contributed by atoms with van der Waals surface area (Å²) < 4.78 is 0. The second-order valence-electron chi connectivity index (χ2n) is 3.98. The smallest absolute Gasteiger partial charge is 0.0760 e. The van der Waals surface area contributed by atoms with Gasteiger partial charge in [0, 0.05) is 5.92 Å². The summed E-state index contributed by atoms with van der Waals surface area (Å²) in [6.45, 7) is 0. The van der Waals surface area contributed by atoms with E-state index < -0.39 is 0 Å². The van der Waals surface area contributed by atoms with Crippen molar-refractivity contribution in [3.05, 3.63) is 24.3 Å². The molecular formula is C10H12O. The van der Waals surface area contributed by atoms with E-state index in [4.69, 9.17) is 0 Å². The maximum absolute atomic E-state index is 9.60. The van der Waals surface area contributed by atoms with Crippen LogP contribution in [0.25, 0.3) is 0 Å². The molecule has 0 saturated heterocycles. The summed E-state index contributed by atoms with van der Waals surface area (Å²) in [5.41, 5.74) is 0. The van der Waals surface area contributed by atoms with E-state index >= 15 is 0 Å². The Bertz CT molecular complexity index is 241. The van der Waals surface area contributed by atoms with Crippen LogP contribution in [-0.2, 0) is 0 Å². The second kappa shape index (κ2) is 1.78. The average Bonchev–Trinajstić information content (AvgIpc) is 2.60. The van der Waals surface area contributed by atoms with Crippen molar-refractivity contribution < 1.29 is 5.11 Å². The lowest BCUT2D eigenvalue weighted by atomic mass is 9.84. The summed E-state index contributed by atoms with van der Waals surface area (Å²) in [6, 6.07) is 0. The summed E-state index contributed by atoms with van der Waals surface area (Å²) in [6.07, 6.45) is 9.94. The number of fused-ring (bicyclic) bond motifs is 5. The van der Waals surface area contributed by atoms with Crippen LogP contribution in [0.1, 0.15) is 6.42 Å². The van der Waals surface area contributed by atoms with Gasteiger partial charge >= 0.3 is 0 Å².